The lowest BCUT2D eigenvalue weighted by Gasteiger charge is -2.04. The predicted octanol–water partition coefficient (Wildman–Crippen LogP) is 2.49. The molecule has 0 saturated heterocycles. The van der Waals surface area contributed by atoms with Gasteiger partial charge >= 0.3 is 0 Å². The van der Waals surface area contributed by atoms with Crippen LogP contribution in [0.25, 0.3) is 0 Å². The van der Waals surface area contributed by atoms with E-state index in [1.54, 1.807) is 0 Å². The van der Waals surface area contributed by atoms with Crippen molar-refractivity contribution in [3.8, 4) is 0 Å². The normalized spacial score (nSPS) is 14.3. The molecule has 1 rings (SSSR count). The van der Waals surface area contributed by atoms with Crippen molar-refractivity contribution in [3.05, 3.63) is 30.1 Å². The maximum atomic E-state index is 13.0. The van der Waals surface area contributed by atoms with Gasteiger partial charge in [0.2, 0.25) is 0 Å². The first-order valence-electron chi connectivity index (χ1n) is 5.64. The summed E-state index contributed by atoms with van der Waals surface area (Å²) in [6, 6.07) is 5.01. The van der Waals surface area contributed by atoms with Crippen LogP contribution in [0, 0.1) is 11.7 Å². The fourth-order valence-corrected chi connectivity index (χ4v) is 2.36. The Morgan fingerprint density at radius 2 is 2.17 bits per heavy atom. The molecule has 0 aliphatic carbocycles. The van der Waals surface area contributed by atoms with Gasteiger partial charge in [-0.3, -0.25) is 4.79 Å². The molecule has 4 nitrogen and oxygen atoms in total. The number of hydrogen-bond acceptors (Lipinski definition) is 2. The van der Waals surface area contributed by atoms with Crippen molar-refractivity contribution in [1.82, 2.24) is 0 Å². The number of nitrogens with two attached hydrogens (primary N) is 1. The Morgan fingerprint density at radius 3 is 2.72 bits per heavy atom. The molecule has 0 aliphatic heterocycles. The molecule has 0 heterocycles. The first kappa shape index (κ1) is 14.8. The van der Waals surface area contributed by atoms with Crippen LogP contribution >= 0.6 is 0 Å². The number of hydrogen-bond donors (Lipinski definition) is 1. The summed E-state index contributed by atoms with van der Waals surface area (Å²) in [5.41, 5.74) is 0. The summed E-state index contributed by atoms with van der Waals surface area (Å²) in [5.74, 6) is -0.719. The first-order chi connectivity index (χ1) is 8.31. The summed E-state index contributed by atoms with van der Waals surface area (Å²) in [5, 5.41) is 5.49. The van der Waals surface area contributed by atoms with Gasteiger partial charge in [-0.15, -0.1) is 4.36 Å². The van der Waals surface area contributed by atoms with Crippen LogP contribution in [0.4, 0.5) is 4.39 Å². The quantitative estimate of drug-likeness (QED) is 0.914. The average Bonchev–Trinajstić information content (AvgIpc) is 2.26. The van der Waals surface area contributed by atoms with E-state index in [0.717, 1.165) is 6.07 Å². The first-order valence-corrected chi connectivity index (χ1v) is 7.22. The van der Waals surface area contributed by atoms with Crippen LogP contribution in [0.2, 0.25) is 0 Å². The molecular formula is C12H17FN2O2S. The minimum absolute atomic E-state index is 0.0281. The Labute approximate surface area is 107 Å². The van der Waals surface area contributed by atoms with Gasteiger partial charge in [-0.05, 0) is 30.5 Å². The van der Waals surface area contributed by atoms with E-state index in [4.69, 9.17) is 5.14 Å². The molecule has 1 aromatic rings. The van der Waals surface area contributed by atoms with Crippen LogP contribution in [0.1, 0.15) is 26.7 Å². The van der Waals surface area contributed by atoms with Crippen LogP contribution in [-0.2, 0) is 14.7 Å². The van der Waals surface area contributed by atoms with E-state index in [9.17, 15) is 13.4 Å². The summed E-state index contributed by atoms with van der Waals surface area (Å²) in [7, 11) is -3.34. The zero-order chi connectivity index (χ0) is 13.8. The van der Waals surface area contributed by atoms with Gasteiger partial charge in [0.1, 0.15) is 15.7 Å². The molecule has 0 bridgehead atoms. The van der Waals surface area contributed by atoms with Gasteiger partial charge in [0.15, 0.2) is 0 Å². The largest absolute Gasteiger partial charge is 0.272 e. The zero-order valence-electron chi connectivity index (χ0n) is 10.4. The van der Waals surface area contributed by atoms with Crippen molar-refractivity contribution >= 4 is 15.8 Å². The second kappa shape index (κ2) is 6.06. The highest BCUT2D eigenvalue weighted by Crippen LogP contribution is 2.12. The minimum Gasteiger partial charge on any atom is -0.272 e. The molecule has 18 heavy (non-hydrogen) atoms. The summed E-state index contributed by atoms with van der Waals surface area (Å²) in [6.07, 6.45) is 0.849. The van der Waals surface area contributed by atoms with Crippen LogP contribution in [0.15, 0.2) is 33.5 Å². The van der Waals surface area contributed by atoms with Gasteiger partial charge in [0.05, 0.1) is 4.90 Å². The molecule has 0 saturated carbocycles. The third-order valence-corrected chi connectivity index (χ3v) is 3.71. The second-order valence-corrected chi connectivity index (χ2v) is 6.23. The summed E-state index contributed by atoms with van der Waals surface area (Å²) in [6.45, 7) is 3.94. The van der Waals surface area contributed by atoms with E-state index >= 15 is 0 Å². The molecule has 0 aliphatic rings. The van der Waals surface area contributed by atoms with Gasteiger partial charge in [-0.1, -0.05) is 19.9 Å². The molecule has 2 N–H and O–H groups in total. The van der Waals surface area contributed by atoms with E-state index in [-0.39, 0.29) is 11.3 Å². The zero-order valence-corrected chi connectivity index (χ0v) is 11.2. The topological polar surface area (TPSA) is 72.5 Å². The molecular weight excluding hydrogens is 255 g/mol. The van der Waals surface area contributed by atoms with E-state index in [2.05, 4.69) is 4.36 Å². The van der Waals surface area contributed by atoms with E-state index in [1.165, 1.54) is 18.2 Å². The number of carbonyl (C=O) groups is 1. The molecule has 100 valence electrons. The SMILES string of the molecule is CC(C)CCC(=O)N=S(N)(=O)c1cccc(F)c1. The number of halogens is 1. The number of amides is 1. The number of benzene rings is 1. The van der Waals surface area contributed by atoms with Crippen molar-refractivity contribution in [2.24, 2.45) is 15.4 Å². The number of rotatable bonds is 4. The molecule has 0 radical (unpaired) electrons. The molecule has 6 heteroatoms. The van der Waals surface area contributed by atoms with Gasteiger partial charge in [-0.2, -0.15) is 0 Å². The highest BCUT2D eigenvalue weighted by molar-refractivity contribution is 7.91. The molecule has 1 aromatic carbocycles. The van der Waals surface area contributed by atoms with Crippen molar-refractivity contribution in [1.29, 1.82) is 0 Å². The minimum atomic E-state index is -3.34. The van der Waals surface area contributed by atoms with Crippen LogP contribution in [-0.4, -0.2) is 10.1 Å². The third-order valence-electron chi connectivity index (χ3n) is 2.31. The maximum Gasteiger partial charge on any atom is 0.255 e. The Hall–Kier alpha value is -1.27. The van der Waals surface area contributed by atoms with E-state index in [0.29, 0.717) is 12.3 Å². The predicted molar refractivity (Wildman–Crippen MR) is 68.5 cm³/mol. The summed E-state index contributed by atoms with van der Waals surface area (Å²) in [4.78, 5) is 11.5. The number of carbonyl (C=O) groups excluding carboxylic acids is 1. The standard InChI is InChI=1S/C12H17FN2O2S/c1-9(2)6-7-12(16)15-18(14,17)11-5-3-4-10(13)8-11/h3-5,8-9H,6-7H2,1-2H3,(H2,14,15,16,17). The van der Waals surface area contributed by atoms with E-state index in [1.807, 2.05) is 13.8 Å². The highest BCUT2D eigenvalue weighted by atomic mass is 32.2. The molecule has 1 amide bonds. The van der Waals surface area contributed by atoms with Crippen molar-refractivity contribution < 1.29 is 13.4 Å². The number of nitrogens with zero attached hydrogens (tertiary/aromatic N) is 1. The highest BCUT2D eigenvalue weighted by Gasteiger charge is 2.11. The lowest BCUT2D eigenvalue weighted by atomic mass is 10.1. The monoisotopic (exact) mass is 272 g/mol. The van der Waals surface area contributed by atoms with E-state index < -0.39 is 21.6 Å². The lowest BCUT2D eigenvalue weighted by molar-refractivity contribution is -0.117. The van der Waals surface area contributed by atoms with Crippen LogP contribution in [0.5, 0.6) is 0 Å². The third kappa shape index (κ3) is 4.54. The Balaban J connectivity index is 2.92. The van der Waals surface area contributed by atoms with Gasteiger partial charge < -0.3 is 0 Å². The van der Waals surface area contributed by atoms with Gasteiger partial charge in [-0.25, -0.2) is 13.7 Å². The molecule has 0 fully saturated rings. The van der Waals surface area contributed by atoms with Crippen LogP contribution < -0.4 is 5.14 Å². The van der Waals surface area contributed by atoms with Crippen molar-refractivity contribution in [2.45, 2.75) is 31.6 Å². The Morgan fingerprint density at radius 1 is 1.50 bits per heavy atom. The van der Waals surface area contributed by atoms with Crippen molar-refractivity contribution in [2.75, 3.05) is 0 Å². The van der Waals surface area contributed by atoms with Crippen molar-refractivity contribution in [3.63, 3.8) is 0 Å². The van der Waals surface area contributed by atoms with Crippen LogP contribution in [0.3, 0.4) is 0 Å². The molecule has 1 atom stereocenters. The Bertz CT molecular complexity index is 549. The summed E-state index contributed by atoms with van der Waals surface area (Å²) < 4.78 is 28.5. The second-order valence-electron chi connectivity index (χ2n) is 4.44. The smallest absolute Gasteiger partial charge is 0.255 e. The summed E-state index contributed by atoms with van der Waals surface area (Å²) >= 11 is 0. The average molecular weight is 272 g/mol. The molecule has 0 aromatic heterocycles. The fourth-order valence-electron chi connectivity index (χ4n) is 1.31. The lowest BCUT2D eigenvalue weighted by Crippen LogP contribution is -2.15. The molecule has 0 spiro atoms. The Kier molecular flexibility index (Phi) is 4.98. The maximum absolute atomic E-state index is 13.0. The fraction of sp³-hybridized carbons (Fsp3) is 0.417. The van der Waals surface area contributed by atoms with Gasteiger partial charge in [0.25, 0.3) is 5.91 Å². The van der Waals surface area contributed by atoms with Gasteiger partial charge in [0, 0.05) is 6.42 Å². The molecule has 1 unspecified atom stereocenters.